The van der Waals surface area contributed by atoms with E-state index in [4.69, 9.17) is 9.15 Å². The van der Waals surface area contributed by atoms with Crippen LogP contribution in [0, 0.1) is 12.7 Å². The number of fused-ring (bicyclic) bond motifs is 1. The maximum absolute atomic E-state index is 13.2. The fraction of sp³-hybridized carbons (Fsp3) is 0.360. The second kappa shape index (κ2) is 9.42. The van der Waals surface area contributed by atoms with Gasteiger partial charge in [0.25, 0.3) is 0 Å². The van der Waals surface area contributed by atoms with Crippen molar-refractivity contribution in [1.29, 1.82) is 0 Å². The first-order chi connectivity index (χ1) is 15.5. The molecule has 2 aromatic carbocycles. The van der Waals surface area contributed by atoms with Gasteiger partial charge in [-0.2, -0.15) is 0 Å². The van der Waals surface area contributed by atoms with E-state index in [2.05, 4.69) is 4.90 Å². The number of carbonyl (C=O) groups is 1. The van der Waals surface area contributed by atoms with Gasteiger partial charge in [-0.25, -0.2) is 9.18 Å². The lowest BCUT2D eigenvalue weighted by atomic mass is 10.0. The molecule has 0 N–H and O–H groups in total. The average molecular weight is 438 g/mol. The number of amides is 1. The van der Waals surface area contributed by atoms with Crippen molar-refractivity contribution in [2.45, 2.75) is 26.2 Å². The maximum atomic E-state index is 13.2. The van der Waals surface area contributed by atoms with E-state index >= 15 is 0 Å². The van der Waals surface area contributed by atoms with Gasteiger partial charge in [-0.3, -0.25) is 4.79 Å². The zero-order valence-electron chi connectivity index (χ0n) is 18.4. The first-order valence-corrected chi connectivity index (χ1v) is 10.8. The number of anilines is 1. The molecule has 6 nitrogen and oxygen atoms in total. The van der Waals surface area contributed by atoms with Gasteiger partial charge in [0.05, 0.1) is 7.11 Å². The number of methoxy groups -OCH3 is 1. The van der Waals surface area contributed by atoms with Crippen LogP contribution in [0.25, 0.3) is 11.0 Å². The molecule has 168 valence electrons. The Bertz CT molecular complexity index is 1170. The summed E-state index contributed by atoms with van der Waals surface area (Å²) in [4.78, 5) is 29.5. The third-order valence-corrected chi connectivity index (χ3v) is 6.12. The van der Waals surface area contributed by atoms with E-state index in [0.717, 1.165) is 29.6 Å². The number of halogens is 1. The molecule has 2 heterocycles. The highest BCUT2D eigenvalue weighted by Gasteiger charge is 2.21. The highest BCUT2D eigenvalue weighted by atomic mass is 19.1. The van der Waals surface area contributed by atoms with Crippen molar-refractivity contribution < 1.29 is 18.3 Å². The van der Waals surface area contributed by atoms with Gasteiger partial charge in [-0.1, -0.05) is 0 Å². The molecule has 0 radical (unpaired) electrons. The first-order valence-electron chi connectivity index (χ1n) is 10.8. The van der Waals surface area contributed by atoms with E-state index < -0.39 is 5.63 Å². The summed E-state index contributed by atoms with van der Waals surface area (Å²) in [5.74, 6) is 0.395. The fourth-order valence-electron chi connectivity index (χ4n) is 4.26. The van der Waals surface area contributed by atoms with Gasteiger partial charge >= 0.3 is 5.63 Å². The van der Waals surface area contributed by atoms with Gasteiger partial charge in [0, 0.05) is 55.3 Å². The van der Waals surface area contributed by atoms with Crippen LogP contribution in [0.15, 0.2) is 51.7 Å². The molecule has 1 amide bonds. The topological polar surface area (TPSA) is 63.0 Å². The molecule has 1 fully saturated rings. The lowest BCUT2D eigenvalue weighted by Gasteiger charge is -2.23. The molecule has 4 rings (SSSR count). The minimum absolute atomic E-state index is 0.0274. The summed E-state index contributed by atoms with van der Waals surface area (Å²) in [5.41, 5.74) is 2.41. The minimum Gasteiger partial charge on any atom is -0.497 e. The molecule has 1 saturated heterocycles. The predicted octanol–water partition coefficient (Wildman–Crippen LogP) is 3.92. The van der Waals surface area contributed by atoms with Crippen LogP contribution in [-0.2, 0) is 11.2 Å². The SMILES string of the molecule is COc1ccc2c(C)c(CCC(=O)N3CCCN(c4ccc(F)cc4)CC3)c(=O)oc2c1. The first kappa shape index (κ1) is 21.9. The van der Waals surface area contributed by atoms with E-state index in [-0.39, 0.29) is 18.1 Å². The van der Waals surface area contributed by atoms with Crippen LogP contribution in [0.4, 0.5) is 10.1 Å². The summed E-state index contributed by atoms with van der Waals surface area (Å²) in [5, 5.41) is 0.845. The van der Waals surface area contributed by atoms with Crippen LogP contribution in [0.3, 0.4) is 0 Å². The summed E-state index contributed by atoms with van der Waals surface area (Å²) in [7, 11) is 1.56. The predicted molar refractivity (Wildman–Crippen MR) is 122 cm³/mol. The largest absolute Gasteiger partial charge is 0.497 e. The maximum Gasteiger partial charge on any atom is 0.339 e. The highest BCUT2D eigenvalue weighted by Crippen LogP contribution is 2.25. The number of ether oxygens (including phenoxy) is 1. The highest BCUT2D eigenvalue weighted by molar-refractivity contribution is 5.83. The zero-order chi connectivity index (χ0) is 22.7. The van der Waals surface area contributed by atoms with E-state index in [0.29, 0.717) is 43.0 Å². The summed E-state index contributed by atoms with van der Waals surface area (Å²) in [6.45, 7) is 4.66. The number of carbonyl (C=O) groups excluding carboxylic acids is 1. The van der Waals surface area contributed by atoms with Crippen LogP contribution in [0.1, 0.15) is 24.0 Å². The minimum atomic E-state index is -0.408. The van der Waals surface area contributed by atoms with Crippen molar-refractivity contribution in [2.24, 2.45) is 0 Å². The Morgan fingerprint density at radius 1 is 1.09 bits per heavy atom. The third-order valence-electron chi connectivity index (χ3n) is 6.12. The normalized spacial score (nSPS) is 14.5. The van der Waals surface area contributed by atoms with Gasteiger partial charge in [0.15, 0.2) is 0 Å². The molecule has 3 aromatic rings. The summed E-state index contributed by atoms with van der Waals surface area (Å²) < 4.78 is 23.9. The van der Waals surface area contributed by atoms with E-state index in [1.807, 2.05) is 24.0 Å². The van der Waals surface area contributed by atoms with Gasteiger partial charge in [0.2, 0.25) is 5.91 Å². The lowest BCUT2D eigenvalue weighted by Crippen LogP contribution is -2.35. The molecule has 1 aromatic heterocycles. The Labute approximate surface area is 186 Å². The Hall–Kier alpha value is -3.35. The van der Waals surface area contributed by atoms with Crippen molar-refractivity contribution in [1.82, 2.24) is 4.90 Å². The van der Waals surface area contributed by atoms with Crippen LogP contribution < -0.4 is 15.3 Å². The molecule has 0 aliphatic carbocycles. The number of nitrogens with zero attached hydrogens (tertiary/aromatic N) is 2. The molecule has 0 unspecified atom stereocenters. The Balaban J connectivity index is 1.42. The standard InChI is InChI=1S/C25H27FN2O4/c1-17-21-9-8-20(31-2)16-23(21)32-25(30)22(17)10-11-24(29)28-13-3-12-27(14-15-28)19-6-4-18(26)5-7-19/h4-9,16H,3,10-15H2,1-2H3. The van der Waals surface area contributed by atoms with Crippen LogP contribution in [-0.4, -0.2) is 44.1 Å². The molecule has 1 aliphatic heterocycles. The molecule has 1 aliphatic rings. The molecular weight excluding hydrogens is 411 g/mol. The van der Waals surface area contributed by atoms with E-state index in [1.165, 1.54) is 12.1 Å². The molecule has 0 spiro atoms. The van der Waals surface area contributed by atoms with Crippen molar-refractivity contribution >= 4 is 22.6 Å². The van der Waals surface area contributed by atoms with Gasteiger partial charge in [-0.05, 0) is 61.7 Å². The number of hydrogen-bond acceptors (Lipinski definition) is 5. The monoisotopic (exact) mass is 438 g/mol. The van der Waals surface area contributed by atoms with Crippen molar-refractivity contribution in [3.05, 3.63) is 69.8 Å². The summed E-state index contributed by atoms with van der Waals surface area (Å²) in [6.07, 6.45) is 1.43. The molecule has 0 saturated carbocycles. The van der Waals surface area contributed by atoms with Crippen LogP contribution >= 0.6 is 0 Å². The number of rotatable bonds is 5. The van der Waals surface area contributed by atoms with Crippen molar-refractivity contribution in [3.8, 4) is 5.75 Å². The van der Waals surface area contributed by atoms with E-state index in [9.17, 15) is 14.0 Å². The molecule has 32 heavy (non-hydrogen) atoms. The molecule has 7 heteroatoms. The van der Waals surface area contributed by atoms with Gasteiger partial charge < -0.3 is 19.0 Å². The number of hydrogen-bond donors (Lipinski definition) is 0. The zero-order valence-corrected chi connectivity index (χ0v) is 18.4. The second-order valence-corrected chi connectivity index (χ2v) is 8.05. The Morgan fingerprint density at radius 3 is 2.62 bits per heavy atom. The van der Waals surface area contributed by atoms with Crippen molar-refractivity contribution in [2.75, 3.05) is 38.2 Å². The summed E-state index contributed by atoms with van der Waals surface area (Å²) in [6, 6.07) is 11.8. The Morgan fingerprint density at radius 2 is 1.88 bits per heavy atom. The second-order valence-electron chi connectivity index (χ2n) is 8.05. The smallest absolute Gasteiger partial charge is 0.339 e. The van der Waals surface area contributed by atoms with Crippen molar-refractivity contribution in [3.63, 3.8) is 0 Å². The van der Waals surface area contributed by atoms with Crippen LogP contribution in [0.2, 0.25) is 0 Å². The molecular formula is C25H27FN2O4. The van der Waals surface area contributed by atoms with E-state index in [1.54, 1.807) is 25.3 Å². The summed E-state index contributed by atoms with van der Waals surface area (Å²) >= 11 is 0. The van der Waals surface area contributed by atoms with Gasteiger partial charge in [0.1, 0.15) is 17.1 Å². The fourth-order valence-corrected chi connectivity index (χ4v) is 4.26. The number of aryl methyl sites for hydroxylation is 1. The van der Waals surface area contributed by atoms with Gasteiger partial charge in [-0.15, -0.1) is 0 Å². The number of benzene rings is 2. The lowest BCUT2D eigenvalue weighted by molar-refractivity contribution is -0.130. The molecule has 0 atom stereocenters. The Kier molecular flexibility index (Phi) is 6.44. The van der Waals surface area contributed by atoms with Crippen LogP contribution in [0.5, 0.6) is 5.75 Å². The third kappa shape index (κ3) is 4.61. The molecule has 0 bridgehead atoms. The average Bonchev–Trinajstić information content (AvgIpc) is 3.05. The quantitative estimate of drug-likeness (QED) is 0.565.